The van der Waals surface area contributed by atoms with Crippen LogP contribution in [-0.4, -0.2) is 25.5 Å². The van der Waals surface area contributed by atoms with Gasteiger partial charge in [0.25, 0.3) is 17.2 Å². The molecule has 0 bridgehead atoms. The number of nitrogens with zero attached hydrogens (tertiary/aromatic N) is 4. The van der Waals surface area contributed by atoms with Crippen LogP contribution in [0, 0.1) is 13.8 Å². The minimum atomic E-state index is -0.255. The van der Waals surface area contributed by atoms with E-state index >= 15 is 0 Å². The number of carbonyl (C=O) groups is 1. The van der Waals surface area contributed by atoms with Crippen molar-refractivity contribution in [3.63, 3.8) is 0 Å². The average Bonchev–Trinajstić information content (AvgIpc) is 3.10. The Hall–Kier alpha value is -3.45. The highest BCUT2D eigenvalue weighted by atomic mass is 35.5. The molecule has 0 saturated heterocycles. The van der Waals surface area contributed by atoms with Crippen LogP contribution in [0.25, 0.3) is 5.78 Å². The second kappa shape index (κ2) is 7.52. The molecule has 4 rings (SSSR count). The molecule has 0 spiro atoms. The van der Waals surface area contributed by atoms with Crippen molar-refractivity contribution in [2.24, 2.45) is 0 Å². The summed E-state index contributed by atoms with van der Waals surface area (Å²) >= 11 is 6.01. The number of rotatable bonds is 4. The van der Waals surface area contributed by atoms with Gasteiger partial charge in [-0.1, -0.05) is 29.3 Å². The van der Waals surface area contributed by atoms with Gasteiger partial charge in [-0.3, -0.25) is 14.7 Å². The van der Waals surface area contributed by atoms with Crippen molar-refractivity contribution >= 4 is 29.0 Å². The van der Waals surface area contributed by atoms with Gasteiger partial charge in [0.05, 0.1) is 6.54 Å². The first-order valence-electron chi connectivity index (χ1n) is 9.00. The first-order valence-corrected chi connectivity index (χ1v) is 9.38. The number of benzene rings is 2. The number of carbonyl (C=O) groups excluding carboxylic acids is 1. The van der Waals surface area contributed by atoms with E-state index in [1.165, 1.54) is 10.6 Å². The van der Waals surface area contributed by atoms with Crippen LogP contribution in [0.1, 0.15) is 27.4 Å². The van der Waals surface area contributed by atoms with Gasteiger partial charge in [-0.2, -0.15) is 9.50 Å². The molecule has 0 unspecified atom stereocenters. The summed E-state index contributed by atoms with van der Waals surface area (Å²) < 4.78 is 1.26. The SMILES string of the molecule is Cc1ccc(C(=O)N(Cc2nc3nc(C)cc(=O)n3[nH]2)c2ccc(Cl)cc2)cc1. The highest BCUT2D eigenvalue weighted by Crippen LogP contribution is 2.22. The van der Waals surface area contributed by atoms with E-state index < -0.39 is 0 Å². The molecule has 0 saturated carbocycles. The lowest BCUT2D eigenvalue weighted by atomic mass is 10.1. The predicted molar refractivity (Wildman–Crippen MR) is 111 cm³/mol. The van der Waals surface area contributed by atoms with Gasteiger partial charge in [0.2, 0.25) is 0 Å². The van der Waals surface area contributed by atoms with Gasteiger partial charge in [-0.25, -0.2) is 4.98 Å². The number of H-pyrrole nitrogens is 1. The van der Waals surface area contributed by atoms with Crippen LogP contribution in [0.5, 0.6) is 0 Å². The summed E-state index contributed by atoms with van der Waals surface area (Å²) in [5.74, 6) is 0.517. The Morgan fingerprint density at radius 3 is 2.45 bits per heavy atom. The molecule has 4 aromatic rings. The van der Waals surface area contributed by atoms with Crippen LogP contribution in [-0.2, 0) is 6.54 Å². The van der Waals surface area contributed by atoms with Gasteiger partial charge < -0.3 is 4.90 Å². The summed E-state index contributed by atoms with van der Waals surface area (Å²) in [5.41, 5.74) is 2.61. The first-order chi connectivity index (χ1) is 13.9. The lowest BCUT2D eigenvalue weighted by molar-refractivity contribution is 0.0984. The lowest BCUT2D eigenvalue weighted by Crippen LogP contribution is -2.31. The number of nitrogens with one attached hydrogen (secondary N) is 1. The van der Waals surface area contributed by atoms with E-state index in [0.29, 0.717) is 27.8 Å². The normalized spacial score (nSPS) is 11.0. The van der Waals surface area contributed by atoms with Crippen molar-refractivity contribution in [2.75, 3.05) is 4.90 Å². The molecule has 8 heteroatoms. The molecule has 0 aliphatic rings. The largest absolute Gasteiger partial charge is 0.301 e. The molecule has 7 nitrogen and oxygen atoms in total. The van der Waals surface area contributed by atoms with Crippen LogP contribution < -0.4 is 10.5 Å². The Labute approximate surface area is 171 Å². The maximum absolute atomic E-state index is 13.2. The van der Waals surface area contributed by atoms with E-state index in [4.69, 9.17) is 11.6 Å². The molecule has 0 radical (unpaired) electrons. The molecule has 2 heterocycles. The number of aromatic nitrogens is 4. The monoisotopic (exact) mass is 407 g/mol. The number of aryl methyl sites for hydroxylation is 2. The van der Waals surface area contributed by atoms with Crippen molar-refractivity contribution < 1.29 is 4.79 Å². The molecule has 2 aromatic carbocycles. The van der Waals surface area contributed by atoms with Crippen molar-refractivity contribution in [3.05, 3.63) is 92.6 Å². The van der Waals surface area contributed by atoms with Gasteiger partial charge in [-0.05, 0) is 50.2 Å². The fraction of sp³-hybridized carbons (Fsp3) is 0.143. The Morgan fingerprint density at radius 1 is 1.07 bits per heavy atom. The van der Waals surface area contributed by atoms with Crippen molar-refractivity contribution in [1.82, 2.24) is 19.6 Å². The van der Waals surface area contributed by atoms with E-state index in [2.05, 4.69) is 15.1 Å². The van der Waals surface area contributed by atoms with Gasteiger partial charge in [0.15, 0.2) is 0 Å². The number of amides is 1. The maximum Gasteiger partial charge on any atom is 0.274 e. The second-order valence-electron chi connectivity index (χ2n) is 6.78. The fourth-order valence-corrected chi connectivity index (χ4v) is 3.14. The fourth-order valence-electron chi connectivity index (χ4n) is 3.01. The van der Waals surface area contributed by atoms with Gasteiger partial charge in [0.1, 0.15) is 5.82 Å². The van der Waals surface area contributed by atoms with Crippen molar-refractivity contribution in [3.8, 4) is 0 Å². The number of hydrogen-bond donors (Lipinski definition) is 1. The lowest BCUT2D eigenvalue weighted by Gasteiger charge is -2.22. The third kappa shape index (κ3) is 3.90. The number of fused-ring (bicyclic) bond motifs is 1. The zero-order chi connectivity index (χ0) is 20.5. The molecular weight excluding hydrogens is 390 g/mol. The summed E-state index contributed by atoms with van der Waals surface area (Å²) in [6, 6.07) is 15.8. The van der Waals surface area contributed by atoms with Crippen LogP contribution in [0.4, 0.5) is 5.69 Å². The van der Waals surface area contributed by atoms with Crippen LogP contribution in [0.15, 0.2) is 59.4 Å². The minimum Gasteiger partial charge on any atom is -0.301 e. The Kier molecular flexibility index (Phi) is 4.90. The summed E-state index contributed by atoms with van der Waals surface area (Å²) in [5, 5.41) is 3.50. The third-order valence-electron chi connectivity index (χ3n) is 4.49. The quantitative estimate of drug-likeness (QED) is 0.561. The van der Waals surface area contributed by atoms with E-state index in [-0.39, 0.29) is 23.8 Å². The van der Waals surface area contributed by atoms with E-state index in [9.17, 15) is 9.59 Å². The molecule has 0 aliphatic carbocycles. The van der Waals surface area contributed by atoms with Gasteiger partial charge in [-0.15, -0.1) is 0 Å². The minimum absolute atomic E-state index is 0.135. The standard InChI is InChI=1S/C21H18ClN5O2/c1-13-3-5-15(6-4-13)20(29)26(17-9-7-16(22)8-10-17)12-18-24-21-23-14(2)11-19(28)27(21)25-18/h3-11H,12H2,1-2H3,(H,23,24,25). The number of halogens is 1. The summed E-state index contributed by atoms with van der Waals surface area (Å²) in [7, 11) is 0. The zero-order valence-corrected chi connectivity index (χ0v) is 16.6. The molecule has 1 amide bonds. The number of aromatic amines is 1. The Balaban J connectivity index is 1.75. The molecule has 29 heavy (non-hydrogen) atoms. The summed E-state index contributed by atoms with van der Waals surface area (Å²) in [4.78, 5) is 35.6. The van der Waals surface area contributed by atoms with Gasteiger partial charge >= 0.3 is 0 Å². The maximum atomic E-state index is 13.2. The van der Waals surface area contributed by atoms with E-state index in [1.54, 1.807) is 48.2 Å². The molecule has 0 aliphatic heterocycles. The van der Waals surface area contributed by atoms with Crippen LogP contribution >= 0.6 is 11.6 Å². The second-order valence-corrected chi connectivity index (χ2v) is 7.21. The molecule has 146 valence electrons. The highest BCUT2D eigenvalue weighted by Gasteiger charge is 2.20. The van der Waals surface area contributed by atoms with Crippen LogP contribution in [0.3, 0.4) is 0 Å². The highest BCUT2D eigenvalue weighted by molar-refractivity contribution is 6.30. The van der Waals surface area contributed by atoms with Crippen molar-refractivity contribution in [1.29, 1.82) is 0 Å². The molecule has 2 aromatic heterocycles. The predicted octanol–water partition coefficient (Wildman–Crippen LogP) is 3.53. The number of hydrogen-bond acceptors (Lipinski definition) is 4. The van der Waals surface area contributed by atoms with E-state index in [0.717, 1.165) is 5.56 Å². The summed E-state index contributed by atoms with van der Waals surface area (Å²) in [6.45, 7) is 3.83. The zero-order valence-electron chi connectivity index (χ0n) is 15.9. The Morgan fingerprint density at radius 2 is 1.76 bits per heavy atom. The Bertz CT molecular complexity index is 1240. The topological polar surface area (TPSA) is 83.4 Å². The smallest absolute Gasteiger partial charge is 0.274 e. The number of anilines is 1. The molecular formula is C21H18ClN5O2. The molecule has 0 fully saturated rings. The molecule has 0 atom stereocenters. The molecule has 1 N–H and O–H groups in total. The third-order valence-corrected chi connectivity index (χ3v) is 4.75. The van der Waals surface area contributed by atoms with E-state index in [1.807, 2.05) is 19.1 Å². The first kappa shape index (κ1) is 18.9. The average molecular weight is 408 g/mol. The van der Waals surface area contributed by atoms with Gasteiger partial charge in [0, 0.05) is 28.0 Å². The summed E-state index contributed by atoms with van der Waals surface area (Å²) in [6.07, 6.45) is 0. The van der Waals surface area contributed by atoms with Crippen molar-refractivity contribution in [2.45, 2.75) is 20.4 Å². The van der Waals surface area contributed by atoms with Crippen LogP contribution in [0.2, 0.25) is 5.02 Å².